The lowest BCUT2D eigenvalue weighted by Gasteiger charge is -2.13. The first-order valence-electron chi connectivity index (χ1n) is 9.36. The Labute approximate surface area is 161 Å². The molecular formula is C22H27N5. The number of guanidine groups is 1. The average Bonchev–Trinajstić information content (AvgIpc) is 3.13. The molecule has 0 aliphatic heterocycles. The van der Waals surface area contributed by atoms with Crippen LogP contribution >= 0.6 is 0 Å². The fourth-order valence-electron chi connectivity index (χ4n) is 2.80. The van der Waals surface area contributed by atoms with Crippen molar-refractivity contribution in [3.8, 4) is 0 Å². The molecule has 2 N–H and O–H groups in total. The van der Waals surface area contributed by atoms with Gasteiger partial charge in [0.15, 0.2) is 5.96 Å². The Morgan fingerprint density at radius 1 is 1.00 bits per heavy atom. The molecule has 0 unspecified atom stereocenters. The van der Waals surface area contributed by atoms with Crippen LogP contribution in [0.1, 0.15) is 29.4 Å². The van der Waals surface area contributed by atoms with E-state index in [1.54, 1.807) is 0 Å². The Morgan fingerprint density at radius 2 is 1.78 bits per heavy atom. The van der Waals surface area contributed by atoms with Crippen molar-refractivity contribution in [3.05, 3.63) is 89.5 Å². The number of imidazole rings is 1. The van der Waals surface area contributed by atoms with Gasteiger partial charge in [-0.15, -0.1) is 0 Å². The third-order valence-electron chi connectivity index (χ3n) is 4.30. The van der Waals surface area contributed by atoms with Gasteiger partial charge in [0.25, 0.3) is 0 Å². The highest BCUT2D eigenvalue weighted by molar-refractivity contribution is 5.79. The third-order valence-corrected chi connectivity index (χ3v) is 4.30. The van der Waals surface area contributed by atoms with Crippen LogP contribution in [0.25, 0.3) is 0 Å². The maximum atomic E-state index is 4.68. The van der Waals surface area contributed by atoms with Crippen LogP contribution in [0.5, 0.6) is 0 Å². The van der Waals surface area contributed by atoms with Crippen LogP contribution in [-0.2, 0) is 19.6 Å². The van der Waals surface area contributed by atoms with Gasteiger partial charge in [0, 0.05) is 25.5 Å². The minimum atomic E-state index is 0.625. The van der Waals surface area contributed by atoms with E-state index in [0.717, 1.165) is 24.9 Å². The van der Waals surface area contributed by atoms with E-state index in [9.17, 15) is 0 Å². The topological polar surface area (TPSA) is 54.2 Å². The summed E-state index contributed by atoms with van der Waals surface area (Å²) >= 11 is 0. The molecule has 5 nitrogen and oxygen atoms in total. The lowest BCUT2D eigenvalue weighted by atomic mass is 10.1. The highest BCUT2D eigenvalue weighted by Crippen LogP contribution is 2.06. The molecule has 2 aromatic carbocycles. The predicted octanol–water partition coefficient (Wildman–Crippen LogP) is 3.50. The number of hydrogen-bond acceptors (Lipinski definition) is 2. The zero-order valence-electron chi connectivity index (χ0n) is 16.0. The van der Waals surface area contributed by atoms with Crippen molar-refractivity contribution in [2.75, 3.05) is 6.54 Å². The van der Waals surface area contributed by atoms with Gasteiger partial charge in [-0.1, -0.05) is 60.2 Å². The first kappa shape index (κ1) is 18.7. The highest BCUT2D eigenvalue weighted by atomic mass is 15.2. The van der Waals surface area contributed by atoms with E-state index in [1.165, 1.54) is 16.7 Å². The van der Waals surface area contributed by atoms with E-state index in [0.29, 0.717) is 13.1 Å². The molecule has 3 rings (SSSR count). The molecule has 0 atom stereocenters. The second-order valence-corrected chi connectivity index (χ2v) is 6.49. The van der Waals surface area contributed by atoms with E-state index in [2.05, 4.69) is 87.6 Å². The molecule has 3 aromatic rings. The summed E-state index contributed by atoms with van der Waals surface area (Å²) in [5, 5.41) is 6.68. The Bertz CT molecular complexity index is 850. The van der Waals surface area contributed by atoms with Crippen LogP contribution < -0.4 is 10.6 Å². The van der Waals surface area contributed by atoms with Gasteiger partial charge in [-0.05, 0) is 25.0 Å². The van der Waals surface area contributed by atoms with E-state index in [1.807, 2.05) is 18.5 Å². The standard InChI is InChI=1S/C22H27N5/c1-3-23-22(25-15-19-11-9-18(2)10-12-19)26-16-21-24-13-14-27(21)17-20-7-5-4-6-8-20/h4-14H,3,15-17H2,1-2H3,(H2,23,25,26). The SMILES string of the molecule is CCNC(=NCc1ccc(C)cc1)NCc1nccn1Cc1ccccc1. The van der Waals surface area contributed by atoms with Crippen molar-refractivity contribution < 1.29 is 0 Å². The second kappa shape index (κ2) is 9.57. The van der Waals surface area contributed by atoms with Crippen molar-refractivity contribution >= 4 is 5.96 Å². The van der Waals surface area contributed by atoms with E-state index in [-0.39, 0.29) is 0 Å². The Balaban J connectivity index is 1.62. The normalized spacial score (nSPS) is 11.4. The van der Waals surface area contributed by atoms with Crippen LogP contribution in [0.2, 0.25) is 0 Å². The predicted molar refractivity (Wildman–Crippen MR) is 111 cm³/mol. The summed E-state index contributed by atoms with van der Waals surface area (Å²) in [7, 11) is 0. The maximum absolute atomic E-state index is 4.68. The summed E-state index contributed by atoms with van der Waals surface area (Å²) in [4.78, 5) is 9.17. The summed E-state index contributed by atoms with van der Waals surface area (Å²) < 4.78 is 2.16. The molecule has 0 saturated heterocycles. The first-order chi connectivity index (χ1) is 13.2. The molecule has 0 aliphatic rings. The number of nitrogens with one attached hydrogen (secondary N) is 2. The van der Waals surface area contributed by atoms with Gasteiger partial charge in [0.2, 0.25) is 0 Å². The van der Waals surface area contributed by atoms with Crippen molar-refractivity contribution in [2.24, 2.45) is 4.99 Å². The zero-order chi connectivity index (χ0) is 18.9. The van der Waals surface area contributed by atoms with Crippen LogP contribution in [0.15, 0.2) is 72.0 Å². The lowest BCUT2D eigenvalue weighted by Crippen LogP contribution is -2.37. The van der Waals surface area contributed by atoms with Crippen LogP contribution in [0, 0.1) is 6.92 Å². The van der Waals surface area contributed by atoms with E-state index in [4.69, 9.17) is 0 Å². The number of rotatable bonds is 7. The molecule has 0 saturated carbocycles. The van der Waals surface area contributed by atoms with E-state index < -0.39 is 0 Å². The van der Waals surface area contributed by atoms with Crippen molar-refractivity contribution in [3.63, 3.8) is 0 Å². The molecule has 140 valence electrons. The average molecular weight is 361 g/mol. The number of aromatic nitrogens is 2. The Hall–Kier alpha value is -3.08. The summed E-state index contributed by atoms with van der Waals surface area (Å²) in [6, 6.07) is 18.9. The van der Waals surface area contributed by atoms with Gasteiger partial charge >= 0.3 is 0 Å². The summed E-state index contributed by atoms with van der Waals surface area (Å²) in [6.07, 6.45) is 3.86. The quantitative estimate of drug-likeness (QED) is 0.500. The minimum absolute atomic E-state index is 0.625. The first-order valence-corrected chi connectivity index (χ1v) is 9.36. The van der Waals surface area contributed by atoms with Crippen LogP contribution in [-0.4, -0.2) is 22.1 Å². The molecule has 0 aliphatic carbocycles. The molecule has 0 bridgehead atoms. The zero-order valence-corrected chi connectivity index (χ0v) is 16.0. The lowest BCUT2D eigenvalue weighted by molar-refractivity contribution is 0.688. The maximum Gasteiger partial charge on any atom is 0.191 e. The highest BCUT2D eigenvalue weighted by Gasteiger charge is 2.05. The minimum Gasteiger partial charge on any atom is -0.357 e. The van der Waals surface area contributed by atoms with Gasteiger partial charge < -0.3 is 15.2 Å². The number of aryl methyl sites for hydroxylation is 1. The largest absolute Gasteiger partial charge is 0.357 e. The molecular weight excluding hydrogens is 334 g/mol. The number of benzene rings is 2. The summed E-state index contributed by atoms with van der Waals surface area (Å²) in [5.74, 6) is 1.78. The van der Waals surface area contributed by atoms with Crippen molar-refractivity contribution in [1.82, 2.24) is 20.2 Å². The van der Waals surface area contributed by atoms with E-state index >= 15 is 0 Å². The third kappa shape index (κ3) is 5.71. The molecule has 5 heteroatoms. The molecule has 0 fully saturated rings. The van der Waals surface area contributed by atoms with Gasteiger partial charge in [-0.3, -0.25) is 0 Å². The second-order valence-electron chi connectivity index (χ2n) is 6.49. The van der Waals surface area contributed by atoms with Gasteiger partial charge in [0.1, 0.15) is 5.82 Å². The van der Waals surface area contributed by atoms with Crippen LogP contribution in [0.4, 0.5) is 0 Å². The fraction of sp³-hybridized carbons (Fsp3) is 0.273. The molecule has 1 heterocycles. The van der Waals surface area contributed by atoms with Gasteiger partial charge in [-0.25, -0.2) is 9.98 Å². The summed E-state index contributed by atoms with van der Waals surface area (Å²) in [5.41, 5.74) is 3.72. The van der Waals surface area contributed by atoms with Gasteiger partial charge in [-0.2, -0.15) is 0 Å². The molecule has 0 amide bonds. The monoisotopic (exact) mass is 361 g/mol. The Morgan fingerprint density at radius 3 is 2.52 bits per heavy atom. The molecule has 0 spiro atoms. The molecule has 27 heavy (non-hydrogen) atoms. The Kier molecular flexibility index (Phi) is 6.63. The number of nitrogens with zero attached hydrogens (tertiary/aromatic N) is 3. The fourth-order valence-corrected chi connectivity index (χ4v) is 2.80. The van der Waals surface area contributed by atoms with Crippen molar-refractivity contribution in [2.45, 2.75) is 33.5 Å². The molecule has 0 radical (unpaired) electrons. The molecule has 1 aromatic heterocycles. The van der Waals surface area contributed by atoms with Crippen LogP contribution in [0.3, 0.4) is 0 Å². The number of aliphatic imine (C=N–C) groups is 1. The number of hydrogen-bond donors (Lipinski definition) is 2. The summed E-state index contributed by atoms with van der Waals surface area (Å²) in [6.45, 7) is 7.07. The smallest absolute Gasteiger partial charge is 0.191 e. The van der Waals surface area contributed by atoms with Gasteiger partial charge in [0.05, 0.1) is 13.1 Å². The van der Waals surface area contributed by atoms with Crippen molar-refractivity contribution in [1.29, 1.82) is 0 Å².